The van der Waals surface area contributed by atoms with Gasteiger partial charge in [0.15, 0.2) is 0 Å². The van der Waals surface area contributed by atoms with Crippen molar-refractivity contribution in [1.82, 2.24) is 10.2 Å². The van der Waals surface area contributed by atoms with Crippen molar-refractivity contribution >= 4 is 23.2 Å². The molecule has 2 atom stereocenters. The highest BCUT2D eigenvalue weighted by atomic mass is 32.1. The molecule has 1 spiro atoms. The van der Waals surface area contributed by atoms with E-state index >= 15 is 0 Å². The zero-order valence-corrected chi connectivity index (χ0v) is 16.3. The maximum Gasteiger partial charge on any atom is 0.261 e. The van der Waals surface area contributed by atoms with Crippen LogP contribution in [0.5, 0.6) is 5.75 Å². The Kier molecular flexibility index (Phi) is 4.91. The summed E-state index contributed by atoms with van der Waals surface area (Å²) in [7, 11) is 0. The number of carbonyl (C=O) groups excluding carboxylic acids is 2. The Morgan fingerprint density at radius 2 is 2.15 bits per heavy atom. The fourth-order valence-electron chi connectivity index (χ4n) is 4.11. The average Bonchev–Trinajstić information content (AvgIpc) is 3.17. The number of para-hydroxylation sites is 1. The first-order chi connectivity index (χ1) is 13.1. The number of nitrogens with zero attached hydrogens (tertiary/aromatic N) is 1. The molecule has 1 fully saturated rings. The molecule has 142 valence electrons. The highest BCUT2D eigenvalue weighted by Gasteiger charge is 2.43. The van der Waals surface area contributed by atoms with Crippen molar-refractivity contribution < 1.29 is 14.3 Å². The molecule has 0 aliphatic carbocycles. The summed E-state index contributed by atoms with van der Waals surface area (Å²) in [6.45, 7) is 3.43. The lowest BCUT2D eigenvalue weighted by atomic mass is 9.82. The Morgan fingerprint density at radius 3 is 2.93 bits per heavy atom. The molecule has 1 aromatic carbocycles. The number of likely N-dealkylation sites (tertiary alicyclic amines) is 1. The minimum absolute atomic E-state index is 0.0539. The van der Waals surface area contributed by atoms with Gasteiger partial charge in [-0.2, -0.15) is 0 Å². The van der Waals surface area contributed by atoms with Gasteiger partial charge in [0.05, 0.1) is 10.9 Å². The van der Waals surface area contributed by atoms with E-state index in [9.17, 15) is 9.59 Å². The van der Waals surface area contributed by atoms with Gasteiger partial charge in [0, 0.05) is 37.9 Å². The minimum atomic E-state index is -0.415. The summed E-state index contributed by atoms with van der Waals surface area (Å²) < 4.78 is 6.46. The second-order valence-corrected chi connectivity index (χ2v) is 8.20. The van der Waals surface area contributed by atoms with Gasteiger partial charge in [0.2, 0.25) is 5.91 Å². The highest BCUT2D eigenvalue weighted by Crippen LogP contribution is 2.44. The van der Waals surface area contributed by atoms with Gasteiger partial charge in [-0.3, -0.25) is 9.59 Å². The van der Waals surface area contributed by atoms with Crippen molar-refractivity contribution in [2.75, 3.05) is 13.1 Å². The van der Waals surface area contributed by atoms with Crippen molar-refractivity contribution in [3.63, 3.8) is 0 Å². The summed E-state index contributed by atoms with van der Waals surface area (Å²) in [6.07, 6.45) is 2.64. The number of ether oxygens (including phenoxy) is 1. The molecule has 0 radical (unpaired) electrons. The summed E-state index contributed by atoms with van der Waals surface area (Å²) in [4.78, 5) is 27.6. The Morgan fingerprint density at radius 1 is 1.30 bits per heavy atom. The molecule has 1 N–H and O–H groups in total. The fraction of sp³-hybridized carbons (Fsp3) is 0.429. The Labute approximate surface area is 163 Å². The molecule has 1 aromatic heterocycles. The van der Waals surface area contributed by atoms with Crippen LogP contribution in [0.15, 0.2) is 41.8 Å². The molecule has 3 heterocycles. The number of hydrogen-bond acceptors (Lipinski definition) is 4. The number of carbonyl (C=O) groups is 2. The normalized spacial score (nSPS) is 24.9. The standard InChI is InChI=1S/C21H24N2O3S/c1-2-23-12-11-21(10-9-19(23)24)14-16(15-6-3-4-7-17(15)26-21)22-20(25)18-8-5-13-27-18/h3-8,13,16H,2,9-12,14H2,1H3,(H,22,25)/t16-,21+/m1/s1. The van der Waals surface area contributed by atoms with Crippen LogP contribution in [0.25, 0.3) is 0 Å². The van der Waals surface area contributed by atoms with E-state index in [1.165, 1.54) is 11.3 Å². The van der Waals surface area contributed by atoms with Gasteiger partial charge in [0.1, 0.15) is 11.4 Å². The molecule has 5 nitrogen and oxygen atoms in total. The van der Waals surface area contributed by atoms with Crippen molar-refractivity contribution in [2.45, 2.75) is 44.2 Å². The maximum atomic E-state index is 12.7. The van der Waals surface area contributed by atoms with Gasteiger partial charge in [-0.15, -0.1) is 11.3 Å². The van der Waals surface area contributed by atoms with Crippen molar-refractivity contribution in [1.29, 1.82) is 0 Å². The fourth-order valence-corrected chi connectivity index (χ4v) is 4.73. The molecular weight excluding hydrogens is 360 g/mol. The summed E-state index contributed by atoms with van der Waals surface area (Å²) in [6, 6.07) is 11.5. The lowest BCUT2D eigenvalue weighted by Gasteiger charge is -2.42. The van der Waals surface area contributed by atoms with Gasteiger partial charge in [-0.1, -0.05) is 24.3 Å². The third kappa shape index (κ3) is 3.58. The third-order valence-electron chi connectivity index (χ3n) is 5.61. The number of amides is 2. The summed E-state index contributed by atoms with van der Waals surface area (Å²) in [5, 5.41) is 5.11. The first kappa shape index (κ1) is 18.0. The zero-order chi connectivity index (χ0) is 18.9. The molecule has 0 unspecified atom stereocenters. The molecule has 2 aromatic rings. The maximum absolute atomic E-state index is 12.7. The van der Waals surface area contributed by atoms with E-state index in [0.717, 1.165) is 24.3 Å². The first-order valence-corrected chi connectivity index (χ1v) is 10.4. The van der Waals surface area contributed by atoms with Crippen LogP contribution in [0.2, 0.25) is 0 Å². The third-order valence-corrected chi connectivity index (χ3v) is 6.48. The average molecular weight is 385 g/mol. The smallest absolute Gasteiger partial charge is 0.261 e. The zero-order valence-electron chi connectivity index (χ0n) is 15.4. The molecule has 1 saturated heterocycles. The van der Waals surface area contributed by atoms with E-state index in [2.05, 4.69) is 5.32 Å². The van der Waals surface area contributed by atoms with Crippen LogP contribution in [-0.4, -0.2) is 35.4 Å². The van der Waals surface area contributed by atoms with Crippen LogP contribution in [-0.2, 0) is 4.79 Å². The predicted molar refractivity (Wildman–Crippen MR) is 105 cm³/mol. The van der Waals surface area contributed by atoms with E-state index in [-0.39, 0.29) is 17.9 Å². The lowest BCUT2D eigenvalue weighted by Crippen LogP contribution is -2.45. The van der Waals surface area contributed by atoms with Gasteiger partial charge in [0.25, 0.3) is 5.91 Å². The second-order valence-electron chi connectivity index (χ2n) is 7.25. The van der Waals surface area contributed by atoms with E-state index in [4.69, 9.17) is 4.74 Å². The Hall–Kier alpha value is -2.34. The van der Waals surface area contributed by atoms with Crippen molar-refractivity contribution in [3.8, 4) is 5.75 Å². The van der Waals surface area contributed by atoms with Crippen molar-refractivity contribution in [3.05, 3.63) is 52.2 Å². The van der Waals surface area contributed by atoms with Crippen LogP contribution >= 0.6 is 11.3 Å². The highest BCUT2D eigenvalue weighted by molar-refractivity contribution is 7.12. The van der Waals surface area contributed by atoms with Gasteiger partial charge >= 0.3 is 0 Å². The molecule has 0 bridgehead atoms. The van der Waals surface area contributed by atoms with Crippen LogP contribution in [0.3, 0.4) is 0 Å². The van der Waals surface area contributed by atoms with Crippen LogP contribution in [0.1, 0.15) is 53.9 Å². The monoisotopic (exact) mass is 384 g/mol. The number of thiophene rings is 1. The minimum Gasteiger partial charge on any atom is -0.487 e. The van der Waals surface area contributed by atoms with E-state index < -0.39 is 5.60 Å². The summed E-state index contributed by atoms with van der Waals surface area (Å²) >= 11 is 1.44. The molecule has 2 amide bonds. The van der Waals surface area contributed by atoms with E-state index in [1.54, 1.807) is 0 Å². The molecular formula is C21H24N2O3S. The molecule has 2 aliphatic heterocycles. The number of benzene rings is 1. The van der Waals surface area contributed by atoms with Gasteiger partial charge < -0.3 is 15.0 Å². The number of nitrogens with one attached hydrogen (secondary N) is 1. The predicted octanol–water partition coefficient (Wildman–Crippen LogP) is 3.77. The number of rotatable bonds is 3. The molecule has 6 heteroatoms. The van der Waals surface area contributed by atoms with Crippen LogP contribution in [0.4, 0.5) is 0 Å². The molecule has 0 saturated carbocycles. The number of hydrogen-bond donors (Lipinski definition) is 1. The van der Waals surface area contributed by atoms with E-state index in [0.29, 0.717) is 30.7 Å². The first-order valence-electron chi connectivity index (χ1n) is 9.50. The van der Waals surface area contributed by atoms with Gasteiger partial charge in [-0.05, 0) is 30.9 Å². The second kappa shape index (κ2) is 7.35. The molecule has 2 aliphatic rings. The van der Waals surface area contributed by atoms with Crippen molar-refractivity contribution in [2.24, 2.45) is 0 Å². The van der Waals surface area contributed by atoms with Gasteiger partial charge in [-0.25, -0.2) is 0 Å². The van der Waals surface area contributed by atoms with E-state index in [1.807, 2.05) is 53.6 Å². The van der Waals surface area contributed by atoms with Crippen LogP contribution in [0, 0.1) is 0 Å². The quantitative estimate of drug-likeness (QED) is 0.876. The molecule has 4 rings (SSSR count). The topological polar surface area (TPSA) is 58.6 Å². The Bertz CT molecular complexity index is 836. The lowest BCUT2D eigenvalue weighted by molar-refractivity contribution is -0.130. The summed E-state index contributed by atoms with van der Waals surface area (Å²) in [5.41, 5.74) is 0.595. The number of fused-ring (bicyclic) bond motifs is 1. The van der Waals surface area contributed by atoms with Crippen LogP contribution < -0.4 is 10.1 Å². The Balaban J connectivity index is 1.61. The largest absolute Gasteiger partial charge is 0.487 e. The summed E-state index contributed by atoms with van der Waals surface area (Å²) in [5.74, 6) is 0.954. The SMILES string of the molecule is CCN1CC[C@@]2(CCC1=O)C[C@@H](NC(=O)c1cccs1)c1ccccc1O2. The molecule has 27 heavy (non-hydrogen) atoms.